The molecule has 1 amide bonds. The third-order valence-corrected chi connectivity index (χ3v) is 5.00. The Labute approximate surface area is 184 Å². The molecule has 0 saturated carbocycles. The number of benzene rings is 1. The molecule has 2 aromatic heterocycles. The predicted molar refractivity (Wildman–Crippen MR) is 109 cm³/mol. The maximum Gasteiger partial charge on any atom is 0.314 e. The summed E-state index contributed by atoms with van der Waals surface area (Å²) in [5, 5.41) is 6.80. The van der Waals surface area contributed by atoms with Crippen molar-refractivity contribution in [3.63, 3.8) is 0 Å². The summed E-state index contributed by atoms with van der Waals surface area (Å²) in [7, 11) is 1.59. The Morgan fingerprint density at radius 3 is 2.52 bits per heavy atom. The summed E-state index contributed by atoms with van der Waals surface area (Å²) in [6, 6.07) is 5.14. The van der Waals surface area contributed by atoms with E-state index in [0.717, 1.165) is 10.8 Å². The molecular weight excluding hydrogens is 476 g/mol. The molecule has 0 saturated heterocycles. The van der Waals surface area contributed by atoms with Crippen molar-refractivity contribution in [2.45, 2.75) is 32.2 Å². The van der Waals surface area contributed by atoms with E-state index in [1.807, 2.05) is 0 Å². The number of carbonyl (C=O) groups is 2. The minimum Gasteiger partial charge on any atom is -0.415 e. The van der Waals surface area contributed by atoms with Crippen LogP contribution in [0.25, 0.3) is 11.5 Å². The van der Waals surface area contributed by atoms with Crippen LogP contribution in [0, 0.1) is 0 Å². The number of hydrogen-bond donors (Lipinski definition) is 0. The summed E-state index contributed by atoms with van der Waals surface area (Å²) in [6.07, 6.45) is 0.631. The fourth-order valence-electron chi connectivity index (χ4n) is 2.78. The highest BCUT2D eigenvalue weighted by Gasteiger charge is 2.27. The van der Waals surface area contributed by atoms with Crippen LogP contribution >= 0.6 is 15.9 Å². The van der Waals surface area contributed by atoms with Gasteiger partial charge in [-0.2, -0.15) is 8.78 Å². The molecule has 0 fully saturated rings. The lowest BCUT2D eigenvalue weighted by atomic mass is 9.83. The maximum absolute atomic E-state index is 13.0. The van der Waals surface area contributed by atoms with Crippen LogP contribution in [0.15, 0.2) is 39.5 Å². The molecule has 8 nitrogen and oxygen atoms in total. The molecule has 31 heavy (non-hydrogen) atoms. The maximum atomic E-state index is 13.0. The van der Waals surface area contributed by atoms with Gasteiger partial charge in [0, 0.05) is 34.9 Å². The number of rotatable bonds is 7. The van der Waals surface area contributed by atoms with Crippen molar-refractivity contribution in [2.24, 2.45) is 0 Å². The average molecular weight is 494 g/mol. The second kappa shape index (κ2) is 8.96. The number of aromatic nitrogens is 4. The van der Waals surface area contributed by atoms with Gasteiger partial charge in [-0.15, -0.1) is 10.2 Å². The Morgan fingerprint density at radius 2 is 1.94 bits per heavy atom. The summed E-state index contributed by atoms with van der Waals surface area (Å²) in [6.45, 7) is 3.55. The smallest absolute Gasteiger partial charge is 0.314 e. The Kier molecular flexibility index (Phi) is 6.54. The fourth-order valence-corrected chi connectivity index (χ4v) is 3.14. The SMILES string of the molecule is CN(Cc1ncc(-c2nnc(C(F)F)o2)cn1)C(=O)c1ccc(Br)cc1C(C)(C)C=O. The van der Waals surface area contributed by atoms with Crippen molar-refractivity contribution in [1.29, 1.82) is 0 Å². The zero-order valence-electron chi connectivity index (χ0n) is 16.8. The van der Waals surface area contributed by atoms with Crippen molar-refractivity contribution in [3.8, 4) is 11.5 Å². The molecule has 162 valence electrons. The Balaban J connectivity index is 1.78. The Morgan fingerprint density at radius 1 is 1.26 bits per heavy atom. The molecule has 11 heteroatoms. The van der Waals surface area contributed by atoms with E-state index in [2.05, 4.69) is 36.1 Å². The first-order valence-electron chi connectivity index (χ1n) is 9.07. The predicted octanol–water partition coefficient (Wildman–Crippen LogP) is 3.98. The molecule has 0 bridgehead atoms. The second-order valence-electron chi connectivity index (χ2n) is 7.32. The monoisotopic (exact) mass is 493 g/mol. The lowest BCUT2D eigenvalue weighted by Gasteiger charge is -2.24. The van der Waals surface area contributed by atoms with Crippen LogP contribution in [0.1, 0.15) is 47.9 Å². The highest BCUT2D eigenvalue weighted by atomic mass is 79.9. The van der Waals surface area contributed by atoms with E-state index in [9.17, 15) is 18.4 Å². The summed E-state index contributed by atoms with van der Waals surface area (Å²) < 4.78 is 30.8. The number of aldehydes is 1. The Hall–Kier alpha value is -3.08. The molecule has 0 spiro atoms. The molecule has 0 radical (unpaired) electrons. The van der Waals surface area contributed by atoms with Crippen LogP contribution < -0.4 is 0 Å². The third kappa shape index (κ3) is 4.98. The molecule has 0 atom stereocenters. The quantitative estimate of drug-likeness (QED) is 0.458. The molecule has 3 rings (SSSR count). The van der Waals surface area contributed by atoms with Crippen LogP contribution in [0.4, 0.5) is 8.78 Å². The van der Waals surface area contributed by atoms with Crippen molar-refractivity contribution in [3.05, 3.63) is 57.9 Å². The van der Waals surface area contributed by atoms with Gasteiger partial charge >= 0.3 is 6.43 Å². The highest BCUT2D eigenvalue weighted by molar-refractivity contribution is 9.10. The van der Waals surface area contributed by atoms with Gasteiger partial charge in [0.05, 0.1) is 12.1 Å². The van der Waals surface area contributed by atoms with Gasteiger partial charge in [-0.25, -0.2) is 9.97 Å². The van der Waals surface area contributed by atoms with Crippen LogP contribution in [-0.2, 0) is 16.8 Å². The van der Waals surface area contributed by atoms with Gasteiger partial charge in [-0.3, -0.25) is 4.79 Å². The normalized spacial score (nSPS) is 11.6. The van der Waals surface area contributed by atoms with Crippen molar-refractivity contribution < 1.29 is 22.8 Å². The zero-order chi connectivity index (χ0) is 22.8. The van der Waals surface area contributed by atoms with Gasteiger partial charge in [0.15, 0.2) is 0 Å². The van der Waals surface area contributed by atoms with Crippen LogP contribution in [0.3, 0.4) is 0 Å². The van der Waals surface area contributed by atoms with Gasteiger partial charge in [-0.1, -0.05) is 15.9 Å². The summed E-state index contributed by atoms with van der Waals surface area (Å²) in [5.74, 6) is -0.889. The summed E-state index contributed by atoms with van der Waals surface area (Å²) >= 11 is 3.37. The molecule has 0 aliphatic heterocycles. The first-order valence-corrected chi connectivity index (χ1v) is 9.86. The van der Waals surface area contributed by atoms with Gasteiger partial charge in [0.2, 0.25) is 0 Å². The van der Waals surface area contributed by atoms with E-state index < -0.39 is 17.7 Å². The van der Waals surface area contributed by atoms with E-state index in [4.69, 9.17) is 4.42 Å². The second-order valence-corrected chi connectivity index (χ2v) is 8.24. The van der Waals surface area contributed by atoms with Crippen LogP contribution in [0.2, 0.25) is 0 Å². The number of amides is 1. The highest BCUT2D eigenvalue weighted by Crippen LogP contribution is 2.29. The minimum absolute atomic E-state index is 0.0856. The number of hydrogen-bond acceptors (Lipinski definition) is 7. The number of halogens is 3. The molecule has 1 aromatic carbocycles. The van der Waals surface area contributed by atoms with E-state index in [0.29, 0.717) is 17.0 Å². The number of nitrogens with zero attached hydrogens (tertiary/aromatic N) is 5. The van der Waals surface area contributed by atoms with E-state index in [-0.39, 0.29) is 23.9 Å². The molecule has 0 aliphatic carbocycles. The minimum atomic E-state index is -2.87. The number of alkyl halides is 2. The number of carbonyl (C=O) groups excluding carboxylic acids is 2. The lowest BCUT2D eigenvalue weighted by molar-refractivity contribution is -0.111. The molecule has 0 N–H and O–H groups in total. The summed E-state index contributed by atoms with van der Waals surface area (Å²) in [5.41, 5.74) is 0.413. The van der Waals surface area contributed by atoms with E-state index in [1.165, 1.54) is 17.3 Å². The van der Waals surface area contributed by atoms with E-state index >= 15 is 0 Å². The molecule has 0 aliphatic rings. The van der Waals surface area contributed by atoms with Crippen LogP contribution in [0.5, 0.6) is 0 Å². The topological polar surface area (TPSA) is 102 Å². The van der Waals surface area contributed by atoms with Gasteiger partial charge in [-0.05, 0) is 37.6 Å². The van der Waals surface area contributed by atoms with Crippen molar-refractivity contribution >= 4 is 28.1 Å². The van der Waals surface area contributed by atoms with Crippen molar-refractivity contribution in [1.82, 2.24) is 25.1 Å². The molecule has 2 heterocycles. The van der Waals surface area contributed by atoms with Gasteiger partial charge in [0.1, 0.15) is 12.1 Å². The zero-order valence-corrected chi connectivity index (χ0v) is 18.4. The van der Waals surface area contributed by atoms with Gasteiger partial charge < -0.3 is 14.1 Å². The summed E-state index contributed by atoms with van der Waals surface area (Å²) in [4.78, 5) is 34.3. The first-order chi connectivity index (χ1) is 14.6. The van der Waals surface area contributed by atoms with Crippen molar-refractivity contribution in [2.75, 3.05) is 7.05 Å². The molecular formula is C20H18BrF2N5O3. The lowest BCUT2D eigenvalue weighted by Crippen LogP contribution is -2.31. The fraction of sp³-hybridized carbons (Fsp3) is 0.300. The van der Waals surface area contributed by atoms with E-state index in [1.54, 1.807) is 39.1 Å². The third-order valence-electron chi connectivity index (χ3n) is 4.51. The molecule has 0 unspecified atom stereocenters. The molecule has 3 aromatic rings. The van der Waals surface area contributed by atoms with Gasteiger partial charge in [0.25, 0.3) is 17.7 Å². The Bertz CT molecular complexity index is 1100. The van der Waals surface area contributed by atoms with Crippen LogP contribution in [-0.4, -0.2) is 44.3 Å². The largest absolute Gasteiger partial charge is 0.415 e. The first kappa shape index (κ1) is 22.6. The standard InChI is InChI=1S/C20H18BrF2N5O3/c1-20(2,10-29)14-6-12(21)4-5-13(14)19(30)28(3)9-15-24-7-11(8-25-15)17-26-27-18(31-17)16(22)23/h4-8,10,16H,9H2,1-3H3. The average Bonchev–Trinajstić information content (AvgIpc) is 3.24.